The molecule has 5 nitrogen and oxygen atoms in total. The van der Waals surface area contributed by atoms with Crippen LogP contribution in [0.1, 0.15) is 51.3 Å². The van der Waals surface area contributed by atoms with Crippen LogP contribution >= 0.6 is 0 Å². The lowest BCUT2D eigenvalue weighted by atomic mass is 9.83. The third-order valence-electron chi connectivity index (χ3n) is 5.45. The topological polar surface area (TPSA) is 42.0 Å². The Morgan fingerprint density at radius 1 is 1.23 bits per heavy atom. The van der Waals surface area contributed by atoms with Crippen molar-refractivity contribution in [1.82, 2.24) is 9.80 Å². The standard InChI is InChI=1S/C21H32N2O3/c1-7-26-19-10-14-8-9-23-17(15(14)11-18(19)25-6)13-22(5)16(20(23)24)12-21(2,3)4/h10-11,16-17H,7-9,12-13H2,1-6H3/t16-,17?/m1/s1. The van der Waals surface area contributed by atoms with Crippen molar-refractivity contribution in [2.75, 3.05) is 33.9 Å². The van der Waals surface area contributed by atoms with Crippen LogP contribution in [0.25, 0.3) is 0 Å². The Labute approximate surface area is 157 Å². The van der Waals surface area contributed by atoms with E-state index in [0.29, 0.717) is 6.61 Å². The number of piperazine rings is 1. The molecular formula is C21H32N2O3. The Morgan fingerprint density at radius 2 is 1.96 bits per heavy atom. The Balaban J connectivity index is 1.92. The van der Waals surface area contributed by atoms with Crippen molar-refractivity contribution in [3.05, 3.63) is 23.3 Å². The minimum atomic E-state index is -0.0302. The van der Waals surface area contributed by atoms with Gasteiger partial charge in [0.2, 0.25) is 5.91 Å². The van der Waals surface area contributed by atoms with E-state index in [-0.39, 0.29) is 23.4 Å². The first-order chi connectivity index (χ1) is 12.2. The second-order valence-electron chi connectivity index (χ2n) is 8.65. The second kappa shape index (κ2) is 7.10. The minimum absolute atomic E-state index is 0.0302. The number of methoxy groups -OCH3 is 1. The fourth-order valence-corrected chi connectivity index (χ4v) is 4.20. The SMILES string of the molecule is CCOc1cc2c(cc1OC)C1CN(C)[C@H](CC(C)(C)C)C(=O)N1CC2. The molecule has 1 aromatic carbocycles. The zero-order valence-electron chi connectivity index (χ0n) is 17.0. The molecule has 2 heterocycles. The number of likely N-dealkylation sites (N-methyl/N-ethyl adjacent to an activating group) is 1. The Hall–Kier alpha value is -1.75. The summed E-state index contributed by atoms with van der Waals surface area (Å²) in [6.07, 6.45) is 1.75. The highest BCUT2D eigenvalue weighted by atomic mass is 16.5. The molecule has 5 heteroatoms. The summed E-state index contributed by atoms with van der Waals surface area (Å²) < 4.78 is 11.3. The van der Waals surface area contributed by atoms with Gasteiger partial charge in [-0.1, -0.05) is 20.8 Å². The van der Waals surface area contributed by atoms with Crippen LogP contribution in [0.5, 0.6) is 11.5 Å². The van der Waals surface area contributed by atoms with Gasteiger partial charge in [0, 0.05) is 13.1 Å². The molecule has 2 aliphatic heterocycles. The second-order valence-corrected chi connectivity index (χ2v) is 8.65. The van der Waals surface area contributed by atoms with Crippen LogP contribution in [0.3, 0.4) is 0 Å². The molecule has 0 aromatic heterocycles. The lowest BCUT2D eigenvalue weighted by molar-refractivity contribution is -0.147. The van der Waals surface area contributed by atoms with Gasteiger partial charge in [-0.3, -0.25) is 9.69 Å². The summed E-state index contributed by atoms with van der Waals surface area (Å²) in [6.45, 7) is 10.8. The number of hydrogen-bond donors (Lipinski definition) is 0. The normalized spacial score (nSPS) is 23.5. The molecule has 0 radical (unpaired) electrons. The van der Waals surface area contributed by atoms with Crippen molar-refractivity contribution in [3.63, 3.8) is 0 Å². The van der Waals surface area contributed by atoms with Crippen LogP contribution in [-0.4, -0.2) is 55.6 Å². The van der Waals surface area contributed by atoms with Gasteiger partial charge in [0.15, 0.2) is 11.5 Å². The minimum Gasteiger partial charge on any atom is -0.493 e. The van der Waals surface area contributed by atoms with E-state index in [0.717, 1.165) is 37.4 Å². The predicted octanol–water partition coefficient (Wildman–Crippen LogP) is 3.27. The van der Waals surface area contributed by atoms with Crippen LogP contribution in [0.4, 0.5) is 0 Å². The van der Waals surface area contributed by atoms with Crippen molar-refractivity contribution in [3.8, 4) is 11.5 Å². The summed E-state index contributed by atoms with van der Waals surface area (Å²) in [5, 5.41) is 0. The van der Waals surface area contributed by atoms with Gasteiger partial charge in [-0.15, -0.1) is 0 Å². The van der Waals surface area contributed by atoms with Crippen LogP contribution in [0, 0.1) is 5.41 Å². The van der Waals surface area contributed by atoms with Gasteiger partial charge in [-0.25, -0.2) is 0 Å². The number of nitrogens with zero attached hydrogens (tertiary/aromatic N) is 2. The average molecular weight is 360 g/mol. The number of ether oxygens (including phenoxy) is 2. The fraction of sp³-hybridized carbons (Fsp3) is 0.667. The number of carbonyl (C=O) groups is 1. The molecule has 1 fully saturated rings. The average Bonchev–Trinajstić information content (AvgIpc) is 2.57. The fourth-order valence-electron chi connectivity index (χ4n) is 4.20. The van der Waals surface area contributed by atoms with Gasteiger partial charge >= 0.3 is 0 Å². The van der Waals surface area contributed by atoms with E-state index in [4.69, 9.17) is 9.47 Å². The van der Waals surface area contributed by atoms with Gasteiger partial charge < -0.3 is 14.4 Å². The Morgan fingerprint density at radius 3 is 2.58 bits per heavy atom. The van der Waals surface area contributed by atoms with Gasteiger partial charge in [0.05, 0.1) is 25.8 Å². The van der Waals surface area contributed by atoms with Crippen LogP contribution in [-0.2, 0) is 11.2 Å². The Kier molecular flexibility index (Phi) is 5.20. The third kappa shape index (κ3) is 3.54. The van der Waals surface area contributed by atoms with Crippen LogP contribution < -0.4 is 9.47 Å². The maximum absolute atomic E-state index is 13.2. The summed E-state index contributed by atoms with van der Waals surface area (Å²) in [4.78, 5) is 17.5. The summed E-state index contributed by atoms with van der Waals surface area (Å²) in [7, 11) is 3.74. The van der Waals surface area contributed by atoms with Crippen molar-refractivity contribution in [2.24, 2.45) is 5.41 Å². The molecule has 0 N–H and O–H groups in total. The predicted molar refractivity (Wildman–Crippen MR) is 103 cm³/mol. The van der Waals surface area contributed by atoms with E-state index < -0.39 is 0 Å². The molecule has 1 amide bonds. The highest BCUT2D eigenvalue weighted by molar-refractivity contribution is 5.83. The first-order valence-corrected chi connectivity index (χ1v) is 9.59. The molecule has 1 saturated heterocycles. The summed E-state index contributed by atoms with van der Waals surface area (Å²) in [5.41, 5.74) is 2.60. The molecule has 0 bridgehead atoms. The molecular weight excluding hydrogens is 328 g/mol. The molecule has 144 valence electrons. The molecule has 1 unspecified atom stereocenters. The number of carbonyl (C=O) groups excluding carboxylic acids is 1. The highest BCUT2D eigenvalue weighted by Gasteiger charge is 2.43. The number of fused-ring (bicyclic) bond motifs is 3. The molecule has 0 aliphatic carbocycles. The van der Waals surface area contributed by atoms with Crippen molar-refractivity contribution in [1.29, 1.82) is 0 Å². The maximum atomic E-state index is 13.2. The third-order valence-corrected chi connectivity index (χ3v) is 5.45. The molecule has 0 spiro atoms. The summed E-state index contributed by atoms with van der Waals surface area (Å²) >= 11 is 0. The lowest BCUT2D eigenvalue weighted by Crippen LogP contribution is -2.59. The lowest BCUT2D eigenvalue weighted by Gasteiger charge is -2.48. The van der Waals surface area contributed by atoms with E-state index in [9.17, 15) is 4.79 Å². The molecule has 3 rings (SSSR count). The van der Waals surface area contributed by atoms with Crippen LogP contribution in [0.15, 0.2) is 12.1 Å². The first kappa shape index (κ1) is 19.0. The highest BCUT2D eigenvalue weighted by Crippen LogP contribution is 2.41. The number of hydrogen-bond acceptors (Lipinski definition) is 4. The van der Waals surface area contributed by atoms with E-state index in [1.165, 1.54) is 11.1 Å². The van der Waals surface area contributed by atoms with E-state index in [2.05, 4.69) is 49.8 Å². The van der Waals surface area contributed by atoms with Crippen molar-refractivity contribution >= 4 is 5.91 Å². The molecule has 1 aromatic rings. The quantitative estimate of drug-likeness (QED) is 0.826. The number of rotatable bonds is 4. The van der Waals surface area contributed by atoms with Crippen molar-refractivity contribution < 1.29 is 14.3 Å². The summed E-state index contributed by atoms with van der Waals surface area (Å²) in [5.74, 6) is 1.81. The smallest absolute Gasteiger partial charge is 0.240 e. The van der Waals surface area contributed by atoms with Gasteiger partial charge in [0.25, 0.3) is 0 Å². The molecule has 2 aliphatic rings. The van der Waals surface area contributed by atoms with E-state index in [1.807, 2.05) is 6.92 Å². The monoisotopic (exact) mass is 360 g/mol. The molecule has 26 heavy (non-hydrogen) atoms. The van der Waals surface area contributed by atoms with Crippen molar-refractivity contribution in [2.45, 2.75) is 52.6 Å². The maximum Gasteiger partial charge on any atom is 0.240 e. The summed E-state index contributed by atoms with van der Waals surface area (Å²) in [6, 6.07) is 4.23. The van der Waals surface area contributed by atoms with Crippen LogP contribution in [0.2, 0.25) is 0 Å². The molecule has 0 saturated carbocycles. The largest absolute Gasteiger partial charge is 0.493 e. The van der Waals surface area contributed by atoms with E-state index in [1.54, 1.807) is 7.11 Å². The van der Waals surface area contributed by atoms with Gasteiger partial charge in [-0.05, 0) is 55.5 Å². The first-order valence-electron chi connectivity index (χ1n) is 9.59. The zero-order chi connectivity index (χ0) is 19.1. The zero-order valence-corrected chi connectivity index (χ0v) is 17.0. The molecule has 2 atom stereocenters. The van der Waals surface area contributed by atoms with Gasteiger partial charge in [0.1, 0.15) is 0 Å². The number of benzene rings is 1. The van der Waals surface area contributed by atoms with E-state index >= 15 is 0 Å². The Bertz CT molecular complexity index is 681. The number of amides is 1. The van der Waals surface area contributed by atoms with Gasteiger partial charge in [-0.2, -0.15) is 0 Å².